The number of amides is 1. The second-order valence-corrected chi connectivity index (χ2v) is 5.96. The number of halogens is 2. The standard InChI is InChI=1S/C20H18F2N2O3/c1-3-9-26-16-10-13(8-7-12(16)2)20(25)23-18-11-17(27-24-18)19-14(21)5-4-6-15(19)22/h4-8,10-11H,3,9H2,1-2H3,(H,23,24,25). The molecule has 3 rings (SSSR count). The SMILES string of the molecule is CCCOc1cc(C(=O)Nc2cc(-c3c(F)cccc3F)on2)ccc1C. The number of carbonyl (C=O) groups excluding carboxylic acids is 1. The number of rotatable bonds is 6. The first-order chi connectivity index (χ1) is 13.0. The molecule has 0 aliphatic carbocycles. The lowest BCUT2D eigenvalue weighted by atomic mass is 10.1. The molecule has 0 bridgehead atoms. The quantitative estimate of drug-likeness (QED) is 0.664. The fourth-order valence-corrected chi connectivity index (χ4v) is 2.48. The molecule has 0 aliphatic rings. The van der Waals surface area contributed by atoms with Crippen LogP contribution in [0.3, 0.4) is 0 Å². The summed E-state index contributed by atoms with van der Waals surface area (Å²) in [7, 11) is 0. The summed E-state index contributed by atoms with van der Waals surface area (Å²) in [6, 6.07) is 9.82. The van der Waals surface area contributed by atoms with E-state index in [0.717, 1.165) is 24.1 Å². The van der Waals surface area contributed by atoms with E-state index >= 15 is 0 Å². The topological polar surface area (TPSA) is 64.4 Å². The first-order valence-electron chi connectivity index (χ1n) is 8.45. The molecular weight excluding hydrogens is 354 g/mol. The number of benzene rings is 2. The predicted octanol–water partition coefficient (Wildman–Crippen LogP) is 4.97. The molecule has 0 atom stereocenters. The van der Waals surface area contributed by atoms with Crippen LogP contribution in [-0.2, 0) is 0 Å². The third-order valence-electron chi connectivity index (χ3n) is 3.87. The van der Waals surface area contributed by atoms with Gasteiger partial charge in [-0.1, -0.05) is 24.2 Å². The Labute approximate surface area is 154 Å². The number of nitrogens with zero attached hydrogens (tertiary/aromatic N) is 1. The molecule has 0 fully saturated rings. The summed E-state index contributed by atoms with van der Waals surface area (Å²) in [6.07, 6.45) is 0.851. The van der Waals surface area contributed by atoms with Gasteiger partial charge in [-0.05, 0) is 43.2 Å². The molecule has 7 heteroatoms. The van der Waals surface area contributed by atoms with Gasteiger partial charge in [0.2, 0.25) is 0 Å². The van der Waals surface area contributed by atoms with Crippen molar-refractivity contribution < 1.29 is 22.8 Å². The fraction of sp³-hybridized carbons (Fsp3) is 0.200. The Bertz CT molecular complexity index is 949. The molecule has 5 nitrogen and oxygen atoms in total. The van der Waals surface area contributed by atoms with Crippen LogP contribution in [0.15, 0.2) is 47.0 Å². The van der Waals surface area contributed by atoms with Crippen LogP contribution in [0.25, 0.3) is 11.3 Å². The van der Waals surface area contributed by atoms with Crippen molar-refractivity contribution in [3.8, 4) is 17.1 Å². The second kappa shape index (κ2) is 7.99. The molecule has 0 saturated heterocycles. The number of aromatic nitrogens is 1. The summed E-state index contributed by atoms with van der Waals surface area (Å²) >= 11 is 0. The number of hydrogen-bond acceptors (Lipinski definition) is 4. The highest BCUT2D eigenvalue weighted by molar-refractivity contribution is 6.04. The van der Waals surface area contributed by atoms with E-state index in [1.165, 1.54) is 12.1 Å². The molecule has 2 aromatic carbocycles. The summed E-state index contributed by atoms with van der Waals surface area (Å²) in [6.45, 7) is 4.43. The molecule has 0 radical (unpaired) electrons. The largest absolute Gasteiger partial charge is 0.493 e. The molecule has 0 spiro atoms. The maximum atomic E-state index is 13.8. The van der Waals surface area contributed by atoms with E-state index in [9.17, 15) is 13.6 Å². The second-order valence-electron chi connectivity index (χ2n) is 5.96. The molecule has 3 aromatic rings. The molecule has 0 saturated carbocycles. The van der Waals surface area contributed by atoms with Crippen LogP contribution >= 0.6 is 0 Å². The van der Waals surface area contributed by atoms with Crippen molar-refractivity contribution in [1.82, 2.24) is 5.16 Å². The normalized spacial score (nSPS) is 10.7. The van der Waals surface area contributed by atoms with Gasteiger partial charge in [0, 0.05) is 11.6 Å². The summed E-state index contributed by atoms with van der Waals surface area (Å²) in [5, 5.41) is 6.20. The van der Waals surface area contributed by atoms with Crippen molar-refractivity contribution in [3.63, 3.8) is 0 Å². The maximum absolute atomic E-state index is 13.8. The van der Waals surface area contributed by atoms with Gasteiger partial charge in [0.25, 0.3) is 5.91 Å². The molecule has 140 valence electrons. The van der Waals surface area contributed by atoms with Gasteiger partial charge in [-0.2, -0.15) is 0 Å². The van der Waals surface area contributed by atoms with Gasteiger partial charge in [-0.15, -0.1) is 0 Å². The van der Waals surface area contributed by atoms with Gasteiger partial charge in [-0.3, -0.25) is 4.79 Å². The minimum atomic E-state index is -0.778. The van der Waals surface area contributed by atoms with Gasteiger partial charge in [-0.25, -0.2) is 8.78 Å². The van der Waals surface area contributed by atoms with Crippen LogP contribution in [0.4, 0.5) is 14.6 Å². The summed E-state index contributed by atoms with van der Waals surface area (Å²) in [5.41, 5.74) is 0.947. The Morgan fingerprint density at radius 1 is 1.19 bits per heavy atom. The number of ether oxygens (including phenoxy) is 1. The first-order valence-corrected chi connectivity index (χ1v) is 8.45. The number of anilines is 1. The van der Waals surface area contributed by atoms with E-state index in [4.69, 9.17) is 9.26 Å². The lowest BCUT2D eigenvalue weighted by Gasteiger charge is -2.10. The zero-order valence-corrected chi connectivity index (χ0v) is 14.9. The number of carbonyl (C=O) groups is 1. The van der Waals surface area contributed by atoms with Crippen LogP contribution in [0.5, 0.6) is 5.75 Å². The Balaban J connectivity index is 1.79. The molecule has 0 aliphatic heterocycles. The van der Waals surface area contributed by atoms with Gasteiger partial charge in [0.15, 0.2) is 11.6 Å². The Hall–Kier alpha value is -3.22. The van der Waals surface area contributed by atoms with E-state index < -0.39 is 17.5 Å². The van der Waals surface area contributed by atoms with Gasteiger partial charge in [0.05, 0.1) is 12.2 Å². The highest BCUT2D eigenvalue weighted by Gasteiger charge is 2.18. The highest BCUT2D eigenvalue weighted by atomic mass is 19.1. The average molecular weight is 372 g/mol. The zero-order valence-electron chi connectivity index (χ0n) is 14.9. The summed E-state index contributed by atoms with van der Waals surface area (Å²) < 4.78 is 38.2. The van der Waals surface area contributed by atoms with E-state index in [1.807, 2.05) is 13.8 Å². The van der Waals surface area contributed by atoms with E-state index in [2.05, 4.69) is 10.5 Å². The molecule has 27 heavy (non-hydrogen) atoms. The van der Waals surface area contributed by atoms with Crippen molar-refractivity contribution in [1.29, 1.82) is 0 Å². The third-order valence-corrected chi connectivity index (χ3v) is 3.87. The number of hydrogen-bond donors (Lipinski definition) is 1. The lowest BCUT2D eigenvalue weighted by molar-refractivity contribution is 0.102. The van der Waals surface area contributed by atoms with Crippen LogP contribution < -0.4 is 10.1 Å². The third kappa shape index (κ3) is 4.13. The molecule has 0 unspecified atom stereocenters. The minimum absolute atomic E-state index is 0.0502. The van der Waals surface area contributed by atoms with E-state index in [-0.39, 0.29) is 17.1 Å². The molecule has 1 N–H and O–H groups in total. The number of nitrogens with one attached hydrogen (secondary N) is 1. The zero-order chi connectivity index (χ0) is 19.4. The maximum Gasteiger partial charge on any atom is 0.257 e. The fourth-order valence-electron chi connectivity index (χ4n) is 2.48. The van der Waals surface area contributed by atoms with Crippen molar-refractivity contribution >= 4 is 11.7 Å². The summed E-state index contributed by atoms with van der Waals surface area (Å²) in [5.74, 6) is -1.43. The van der Waals surface area contributed by atoms with Crippen molar-refractivity contribution in [2.45, 2.75) is 20.3 Å². The monoisotopic (exact) mass is 372 g/mol. The average Bonchev–Trinajstić information content (AvgIpc) is 3.08. The van der Waals surface area contributed by atoms with Gasteiger partial charge in [0.1, 0.15) is 17.4 Å². The van der Waals surface area contributed by atoms with Crippen molar-refractivity contribution in [2.75, 3.05) is 11.9 Å². The Kier molecular flexibility index (Phi) is 5.49. The molecular formula is C20H18F2N2O3. The highest BCUT2D eigenvalue weighted by Crippen LogP contribution is 2.28. The lowest BCUT2D eigenvalue weighted by Crippen LogP contribution is -2.12. The Morgan fingerprint density at radius 3 is 2.63 bits per heavy atom. The van der Waals surface area contributed by atoms with E-state index in [0.29, 0.717) is 17.9 Å². The first kappa shape index (κ1) is 18.6. The van der Waals surface area contributed by atoms with Crippen LogP contribution in [0.1, 0.15) is 29.3 Å². The molecule has 1 heterocycles. The van der Waals surface area contributed by atoms with Crippen molar-refractivity contribution in [2.24, 2.45) is 0 Å². The van der Waals surface area contributed by atoms with Gasteiger partial charge < -0.3 is 14.6 Å². The van der Waals surface area contributed by atoms with Crippen LogP contribution in [0, 0.1) is 18.6 Å². The van der Waals surface area contributed by atoms with Crippen molar-refractivity contribution in [3.05, 3.63) is 65.2 Å². The Morgan fingerprint density at radius 2 is 1.93 bits per heavy atom. The molecule has 1 aromatic heterocycles. The number of aryl methyl sites for hydroxylation is 1. The van der Waals surface area contributed by atoms with Crippen LogP contribution in [-0.4, -0.2) is 17.7 Å². The molecule has 1 amide bonds. The van der Waals surface area contributed by atoms with E-state index in [1.54, 1.807) is 18.2 Å². The predicted molar refractivity (Wildman–Crippen MR) is 96.8 cm³/mol. The van der Waals surface area contributed by atoms with Gasteiger partial charge >= 0.3 is 0 Å². The van der Waals surface area contributed by atoms with Crippen LogP contribution in [0.2, 0.25) is 0 Å². The smallest absolute Gasteiger partial charge is 0.257 e. The minimum Gasteiger partial charge on any atom is -0.493 e. The summed E-state index contributed by atoms with van der Waals surface area (Å²) in [4.78, 5) is 12.4.